The van der Waals surface area contributed by atoms with Crippen LogP contribution >= 0.6 is 0 Å². The molecule has 2 atom stereocenters. The molecular formula is C18H28N2O3. The Morgan fingerprint density at radius 1 is 1.39 bits per heavy atom. The van der Waals surface area contributed by atoms with Crippen LogP contribution in [0.25, 0.3) is 0 Å². The standard InChI is InChI=1S/C18H28N2O3/c1-4-20-5-6-22-17(12-20)11-19-10-15-9-16(21-3)8-14-7-13(2)23-18(14)15/h8-9,13,17,19H,4-7,10-12H2,1-3H3/t13-,17-/m1/s1. The van der Waals surface area contributed by atoms with Crippen LogP contribution < -0.4 is 14.8 Å². The Morgan fingerprint density at radius 2 is 2.26 bits per heavy atom. The Bertz CT molecular complexity index is 535. The highest BCUT2D eigenvalue weighted by atomic mass is 16.5. The van der Waals surface area contributed by atoms with Gasteiger partial charge in [-0.3, -0.25) is 4.90 Å². The third-order valence-corrected chi connectivity index (χ3v) is 4.64. The van der Waals surface area contributed by atoms with Crippen LogP contribution in [0.1, 0.15) is 25.0 Å². The molecule has 0 bridgehead atoms. The van der Waals surface area contributed by atoms with Gasteiger partial charge < -0.3 is 19.5 Å². The Kier molecular flexibility index (Phi) is 5.41. The Balaban J connectivity index is 1.59. The molecule has 2 aliphatic heterocycles. The highest BCUT2D eigenvalue weighted by Crippen LogP contribution is 2.36. The molecule has 1 N–H and O–H groups in total. The predicted octanol–water partition coefficient (Wildman–Crippen LogP) is 1.83. The molecule has 1 saturated heterocycles. The quantitative estimate of drug-likeness (QED) is 0.866. The van der Waals surface area contributed by atoms with Crippen molar-refractivity contribution >= 4 is 0 Å². The van der Waals surface area contributed by atoms with Crippen LogP contribution in [-0.2, 0) is 17.7 Å². The molecule has 0 spiro atoms. The number of nitrogens with one attached hydrogen (secondary N) is 1. The first-order chi connectivity index (χ1) is 11.2. The monoisotopic (exact) mass is 320 g/mol. The van der Waals surface area contributed by atoms with E-state index in [9.17, 15) is 0 Å². The van der Waals surface area contributed by atoms with Gasteiger partial charge in [0.05, 0.1) is 19.8 Å². The molecule has 0 radical (unpaired) electrons. The minimum Gasteiger partial charge on any atom is -0.497 e. The van der Waals surface area contributed by atoms with Gasteiger partial charge in [0.2, 0.25) is 0 Å². The van der Waals surface area contributed by atoms with Crippen molar-refractivity contribution in [3.63, 3.8) is 0 Å². The number of fused-ring (bicyclic) bond motifs is 1. The van der Waals surface area contributed by atoms with Crippen LogP contribution in [0.3, 0.4) is 0 Å². The first kappa shape index (κ1) is 16.6. The number of hydrogen-bond acceptors (Lipinski definition) is 5. The zero-order valence-electron chi connectivity index (χ0n) is 14.4. The normalized spacial score (nSPS) is 24.3. The molecular weight excluding hydrogens is 292 g/mol. The van der Waals surface area contributed by atoms with E-state index >= 15 is 0 Å². The third kappa shape index (κ3) is 3.97. The highest BCUT2D eigenvalue weighted by Gasteiger charge is 2.24. The molecule has 5 heteroatoms. The fourth-order valence-corrected chi connectivity index (χ4v) is 3.39. The number of morpholine rings is 1. The van der Waals surface area contributed by atoms with Crippen molar-refractivity contribution in [2.45, 2.75) is 39.0 Å². The summed E-state index contributed by atoms with van der Waals surface area (Å²) in [6.45, 7) is 9.92. The van der Waals surface area contributed by atoms with Gasteiger partial charge in [0.25, 0.3) is 0 Å². The molecule has 0 unspecified atom stereocenters. The highest BCUT2D eigenvalue weighted by molar-refractivity contribution is 5.49. The molecule has 0 aliphatic carbocycles. The van der Waals surface area contributed by atoms with Crippen LogP contribution in [0.2, 0.25) is 0 Å². The second kappa shape index (κ2) is 7.51. The molecule has 1 aromatic carbocycles. The van der Waals surface area contributed by atoms with Gasteiger partial charge >= 0.3 is 0 Å². The van der Waals surface area contributed by atoms with E-state index in [1.54, 1.807) is 7.11 Å². The minimum atomic E-state index is 0.246. The summed E-state index contributed by atoms with van der Waals surface area (Å²) in [6.07, 6.45) is 1.47. The first-order valence-corrected chi connectivity index (χ1v) is 8.60. The fourth-order valence-electron chi connectivity index (χ4n) is 3.39. The van der Waals surface area contributed by atoms with Gasteiger partial charge in [0, 0.05) is 43.7 Å². The maximum atomic E-state index is 5.98. The molecule has 0 aromatic heterocycles. The second-order valence-corrected chi connectivity index (χ2v) is 6.42. The number of rotatable bonds is 6. The Morgan fingerprint density at radius 3 is 3.04 bits per heavy atom. The summed E-state index contributed by atoms with van der Waals surface area (Å²) < 4.78 is 17.2. The number of hydrogen-bond donors (Lipinski definition) is 1. The van der Waals surface area contributed by atoms with E-state index < -0.39 is 0 Å². The molecule has 2 aliphatic rings. The number of ether oxygens (including phenoxy) is 3. The van der Waals surface area contributed by atoms with Crippen molar-refractivity contribution in [1.29, 1.82) is 0 Å². The van der Waals surface area contributed by atoms with E-state index in [1.807, 2.05) is 0 Å². The minimum absolute atomic E-state index is 0.246. The van der Waals surface area contributed by atoms with Gasteiger partial charge in [-0.05, 0) is 25.6 Å². The van der Waals surface area contributed by atoms with Crippen molar-refractivity contribution < 1.29 is 14.2 Å². The molecule has 0 saturated carbocycles. The Hall–Kier alpha value is -1.30. The number of benzene rings is 1. The molecule has 3 rings (SSSR count). The van der Waals surface area contributed by atoms with Crippen LogP contribution in [0.4, 0.5) is 0 Å². The first-order valence-electron chi connectivity index (χ1n) is 8.60. The van der Waals surface area contributed by atoms with Crippen LogP contribution in [0, 0.1) is 0 Å². The summed E-state index contributed by atoms with van der Waals surface area (Å²) in [4.78, 5) is 2.43. The molecule has 128 valence electrons. The summed E-state index contributed by atoms with van der Waals surface area (Å²) >= 11 is 0. The van der Waals surface area contributed by atoms with Crippen LogP contribution in [0.5, 0.6) is 11.5 Å². The summed E-state index contributed by atoms with van der Waals surface area (Å²) in [5.41, 5.74) is 2.42. The summed E-state index contributed by atoms with van der Waals surface area (Å²) in [6, 6.07) is 4.16. The smallest absolute Gasteiger partial charge is 0.127 e. The van der Waals surface area contributed by atoms with Crippen molar-refractivity contribution in [3.8, 4) is 11.5 Å². The van der Waals surface area contributed by atoms with E-state index in [4.69, 9.17) is 14.2 Å². The summed E-state index contributed by atoms with van der Waals surface area (Å²) in [5, 5.41) is 3.52. The molecule has 23 heavy (non-hydrogen) atoms. The predicted molar refractivity (Wildman–Crippen MR) is 90.3 cm³/mol. The zero-order valence-corrected chi connectivity index (χ0v) is 14.4. The lowest BCUT2D eigenvalue weighted by Crippen LogP contribution is -2.46. The Labute approximate surface area is 138 Å². The van der Waals surface area contributed by atoms with Crippen molar-refractivity contribution in [2.75, 3.05) is 39.9 Å². The van der Waals surface area contributed by atoms with Gasteiger partial charge in [0.15, 0.2) is 0 Å². The van der Waals surface area contributed by atoms with Gasteiger partial charge in [-0.25, -0.2) is 0 Å². The molecule has 0 amide bonds. The lowest BCUT2D eigenvalue weighted by molar-refractivity contribution is -0.0254. The number of likely N-dealkylation sites (N-methyl/N-ethyl adjacent to an activating group) is 1. The van der Waals surface area contributed by atoms with Gasteiger partial charge in [-0.2, -0.15) is 0 Å². The van der Waals surface area contributed by atoms with E-state index in [0.29, 0.717) is 0 Å². The SMILES string of the molecule is CCN1CCO[C@H](CNCc2cc(OC)cc3c2O[C@H](C)C3)C1. The summed E-state index contributed by atoms with van der Waals surface area (Å²) in [7, 11) is 1.72. The fraction of sp³-hybridized carbons (Fsp3) is 0.667. The van der Waals surface area contributed by atoms with E-state index in [2.05, 4.69) is 36.2 Å². The van der Waals surface area contributed by atoms with Crippen molar-refractivity contribution in [1.82, 2.24) is 10.2 Å². The third-order valence-electron chi connectivity index (χ3n) is 4.64. The van der Waals surface area contributed by atoms with Gasteiger partial charge in [-0.15, -0.1) is 0 Å². The van der Waals surface area contributed by atoms with Gasteiger partial charge in [-0.1, -0.05) is 6.92 Å². The maximum absolute atomic E-state index is 5.98. The average molecular weight is 320 g/mol. The molecule has 2 heterocycles. The maximum Gasteiger partial charge on any atom is 0.127 e. The van der Waals surface area contributed by atoms with Gasteiger partial charge in [0.1, 0.15) is 17.6 Å². The largest absolute Gasteiger partial charge is 0.497 e. The number of nitrogens with zero attached hydrogens (tertiary/aromatic N) is 1. The van der Waals surface area contributed by atoms with E-state index in [0.717, 1.165) is 57.3 Å². The zero-order chi connectivity index (χ0) is 16.2. The second-order valence-electron chi connectivity index (χ2n) is 6.42. The topological polar surface area (TPSA) is 43.0 Å². The lowest BCUT2D eigenvalue weighted by atomic mass is 10.1. The lowest BCUT2D eigenvalue weighted by Gasteiger charge is -2.32. The van der Waals surface area contributed by atoms with E-state index in [1.165, 1.54) is 11.1 Å². The van der Waals surface area contributed by atoms with Crippen LogP contribution in [-0.4, -0.2) is 57.0 Å². The van der Waals surface area contributed by atoms with Crippen LogP contribution in [0.15, 0.2) is 12.1 Å². The molecule has 5 nitrogen and oxygen atoms in total. The summed E-state index contributed by atoms with van der Waals surface area (Å²) in [5.74, 6) is 1.94. The molecule has 1 fully saturated rings. The van der Waals surface area contributed by atoms with Crippen molar-refractivity contribution in [2.24, 2.45) is 0 Å². The van der Waals surface area contributed by atoms with Crippen molar-refractivity contribution in [3.05, 3.63) is 23.3 Å². The number of methoxy groups -OCH3 is 1. The van der Waals surface area contributed by atoms with E-state index in [-0.39, 0.29) is 12.2 Å². The average Bonchev–Trinajstić information content (AvgIpc) is 2.95. The molecule has 1 aromatic rings.